The minimum Gasteiger partial charge on any atom is -0.376 e. The first kappa shape index (κ1) is 15.2. The minimum atomic E-state index is 0.184. The topological polar surface area (TPSA) is 64.1 Å². The third-order valence-electron chi connectivity index (χ3n) is 3.43. The highest BCUT2D eigenvalue weighted by atomic mass is 35.5. The lowest BCUT2D eigenvalue weighted by molar-refractivity contribution is 0.0347. The van der Waals surface area contributed by atoms with E-state index in [1.54, 1.807) is 6.92 Å². The maximum absolute atomic E-state index is 11.0. The van der Waals surface area contributed by atoms with Gasteiger partial charge >= 0.3 is 0 Å². The summed E-state index contributed by atoms with van der Waals surface area (Å²) in [6.45, 7) is 2.94. The number of rotatable bonds is 6. The summed E-state index contributed by atoms with van der Waals surface area (Å²) in [6, 6.07) is 0. The first-order chi connectivity index (χ1) is 9.70. The molecule has 1 saturated carbocycles. The molecule has 2 rings (SSSR count). The van der Waals surface area contributed by atoms with E-state index in [2.05, 4.69) is 15.3 Å². The second-order valence-electron chi connectivity index (χ2n) is 5.00. The fourth-order valence-corrected chi connectivity index (χ4v) is 2.67. The van der Waals surface area contributed by atoms with Gasteiger partial charge in [0.2, 0.25) is 0 Å². The zero-order valence-electron chi connectivity index (χ0n) is 11.7. The highest BCUT2D eigenvalue weighted by molar-refractivity contribution is 6.32. The molecular weight excluding hydrogens is 278 g/mol. The third kappa shape index (κ3) is 4.15. The lowest BCUT2D eigenvalue weighted by atomic mass is 9.98. The van der Waals surface area contributed by atoms with Crippen LogP contribution in [0.1, 0.15) is 48.3 Å². The van der Waals surface area contributed by atoms with Gasteiger partial charge in [0.1, 0.15) is 16.8 Å². The van der Waals surface area contributed by atoms with E-state index in [0.29, 0.717) is 42.7 Å². The van der Waals surface area contributed by atoms with E-state index in [1.165, 1.54) is 19.3 Å². The number of nitrogens with one attached hydrogen (secondary N) is 1. The third-order valence-corrected chi connectivity index (χ3v) is 3.72. The average molecular weight is 298 g/mol. The van der Waals surface area contributed by atoms with Crippen molar-refractivity contribution < 1.29 is 9.53 Å². The zero-order valence-corrected chi connectivity index (χ0v) is 12.4. The SMILES string of the molecule is Cc1nc(Cl)c(C=O)c(NCCOC2CCCCC2)n1. The molecule has 20 heavy (non-hydrogen) atoms. The first-order valence-electron chi connectivity index (χ1n) is 7.05. The van der Waals surface area contributed by atoms with Crippen LogP contribution < -0.4 is 5.32 Å². The maximum atomic E-state index is 11.0. The maximum Gasteiger partial charge on any atom is 0.156 e. The van der Waals surface area contributed by atoms with Crippen molar-refractivity contribution in [2.24, 2.45) is 0 Å². The second kappa shape index (κ2) is 7.55. The Morgan fingerprint density at radius 3 is 2.80 bits per heavy atom. The largest absolute Gasteiger partial charge is 0.376 e. The Morgan fingerprint density at radius 1 is 1.35 bits per heavy atom. The van der Waals surface area contributed by atoms with E-state index in [-0.39, 0.29) is 5.15 Å². The van der Waals surface area contributed by atoms with Crippen LogP contribution in [-0.2, 0) is 4.74 Å². The summed E-state index contributed by atoms with van der Waals surface area (Å²) < 4.78 is 5.81. The Balaban J connectivity index is 1.82. The van der Waals surface area contributed by atoms with Gasteiger partial charge in [-0.25, -0.2) is 9.97 Å². The Hall–Kier alpha value is -1.20. The molecule has 0 radical (unpaired) electrons. The summed E-state index contributed by atoms with van der Waals surface area (Å²) in [5.41, 5.74) is 0.301. The number of hydrogen-bond donors (Lipinski definition) is 1. The predicted octanol–water partition coefficient (Wildman–Crippen LogP) is 3.01. The van der Waals surface area contributed by atoms with Crippen LogP contribution in [0.5, 0.6) is 0 Å². The molecule has 0 atom stereocenters. The summed E-state index contributed by atoms with van der Waals surface area (Å²) in [6.07, 6.45) is 7.19. The Labute approximate surface area is 124 Å². The van der Waals surface area contributed by atoms with E-state index in [0.717, 1.165) is 12.8 Å². The smallest absolute Gasteiger partial charge is 0.156 e. The molecule has 1 aromatic rings. The van der Waals surface area contributed by atoms with Crippen molar-refractivity contribution >= 4 is 23.7 Å². The van der Waals surface area contributed by atoms with Crippen LogP contribution in [0.3, 0.4) is 0 Å². The number of aromatic nitrogens is 2. The second-order valence-corrected chi connectivity index (χ2v) is 5.36. The molecule has 1 N–H and O–H groups in total. The Bertz CT molecular complexity index is 462. The van der Waals surface area contributed by atoms with Gasteiger partial charge in [0.25, 0.3) is 0 Å². The van der Waals surface area contributed by atoms with Crippen LogP contribution >= 0.6 is 11.6 Å². The highest BCUT2D eigenvalue weighted by Crippen LogP contribution is 2.21. The lowest BCUT2D eigenvalue weighted by Crippen LogP contribution is -2.21. The molecule has 1 fully saturated rings. The fraction of sp³-hybridized carbons (Fsp3) is 0.643. The minimum absolute atomic E-state index is 0.184. The summed E-state index contributed by atoms with van der Waals surface area (Å²) in [4.78, 5) is 19.2. The molecule has 1 heterocycles. The molecular formula is C14H20ClN3O2. The van der Waals surface area contributed by atoms with E-state index in [1.807, 2.05) is 0 Å². The van der Waals surface area contributed by atoms with Crippen molar-refractivity contribution in [2.45, 2.75) is 45.1 Å². The van der Waals surface area contributed by atoms with Gasteiger partial charge in [0.15, 0.2) is 6.29 Å². The average Bonchev–Trinajstić information content (AvgIpc) is 2.44. The standard InChI is InChI=1S/C14H20ClN3O2/c1-10-17-13(15)12(9-19)14(18-10)16-7-8-20-11-5-3-2-4-6-11/h9,11H,2-8H2,1H3,(H,16,17,18). The zero-order chi connectivity index (χ0) is 14.4. The lowest BCUT2D eigenvalue weighted by Gasteiger charge is -2.22. The molecule has 0 bridgehead atoms. The van der Waals surface area contributed by atoms with Crippen LogP contribution in [-0.4, -0.2) is 35.5 Å². The van der Waals surface area contributed by atoms with E-state index in [4.69, 9.17) is 16.3 Å². The first-order valence-corrected chi connectivity index (χ1v) is 7.43. The summed E-state index contributed by atoms with van der Waals surface area (Å²) in [5, 5.41) is 3.28. The quantitative estimate of drug-likeness (QED) is 0.497. The van der Waals surface area contributed by atoms with Crippen molar-refractivity contribution in [3.8, 4) is 0 Å². The number of carbonyl (C=O) groups excluding carboxylic acids is 1. The number of hydrogen-bond acceptors (Lipinski definition) is 5. The number of anilines is 1. The van der Waals surface area contributed by atoms with Gasteiger partial charge in [0.05, 0.1) is 18.3 Å². The van der Waals surface area contributed by atoms with Gasteiger partial charge < -0.3 is 10.1 Å². The van der Waals surface area contributed by atoms with Crippen LogP contribution in [0, 0.1) is 6.92 Å². The molecule has 0 aliphatic heterocycles. The summed E-state index contributed by atoms with van der Waals surface area (Å²) in [7, 11) is 0. The van der Waals surface area contributed by atoms with Crippen molar-refractivity contribution in [2.75, 3.05) is 18.5 Å². The molecule has 0 unspecified atom stereocenters. The molecule has 0 saturated heterocycles. The number of ether oxygens (including phenoxy) is 1. The molecule has 1 aromatic heterocycles. The van der Waals surface area contributed by atoms with Crippen LogP contribution in [0.4, 0.5) is 5.82 Å². The van der Waals surface area contributed by atoms with Gasteiger partial charge in [-0.2, -0.15) is 0 Å². The monoisotopic (exact) mass is 297 g/mol. The predicted molar refractivity (Wildman–Crippen MR) is 78.5 cm³/mol. The molecule has 6 heteroatoms. The molecule has 1 aliphatic carbocycles. The molecule has 0 aromatic carbocycles. The Morgan fingerprint density at radius 2 is 2.10 bits per heavy atom. The van der Waals surface area contributed by atoms with Crippen molar-refractivity contribution in [1.29, 1.82) is 0 Å². The van der Waals surface area contributed by atoms with E-state index >= 15 is 0 Å². The number of halogens is 1. The van der Waals surface area contributed by atoms with Crippen molar-refractivity contribution in [1.82, 2.24) is 9.97 Å². The summed E-state index contributed by atoms with van der Waals surface area (Å²) >= 11 is 5.92. The van der Waals surface area contributed by atoms with Crippen molar-refractivity contribution in [3.05, 3.63) is 16.5 Å². The van der Waals surface area contributed by atoms with Gasteiger partial charge in [-0.15, -0.1) is 0 Å². The van der Waals surface area contributed by atoms with Crippen LogP contribution in [0.15, 0.2) is 0 Å². The summed E-state index contributed by atoms with van der Waals surface area (Å²) in [5.74, 6) is 1.01. The molecule has 110 valence electrons. The van der Waals surface area contributed by atoms with Gasteiger partial charge in [-0.1, -0.05) is 30.9 Å². The number of aryl methyl sites for hydroxylation is 1. The number of aldehydes is 1. The molecule has 0 amide bonds. The van der Waals surface area contributed by atoms with Crippen LogP contribution in [0.2, 0.25) is 5.15 Å². The van der Waals surface area contributed by atoms with Crippen molar-refractivity contribution in [3.63, 3.8) is 0 Å². The Kier molecular flexibility index (Phi) is 5.73. The van der Waals surface area contributed by atoms with E-state index in [9.17, 15) is 4.79 Å². The molecule has 5 nitrogen and oxygen atoms in total. The number of carbonyl (C=O) groups is 1. The van der Waals surface area contributed by atoms with E-state index < -0.39 is 0 Å². The fourth-order valence-electron chi connectivity index (χ4n) is 2.41. The normalized spacial score (nSPS) is 16.1. The highest BCUT2D eigenvalue weighted by Gasteiger charge is 2.14. The number of nitrogens with zero attached hydrogens (tertiary/aromatic N) is 2. The molecule has 1 aliphatic rings. The van der Waals surface area contributed by atoms with Crippen LogP contribution in [0.25, 0.3) is 0 Å². The van der Waals surface area contributed by atoms with Gasteiger partial charge in [-0.05, 0) is 19.8 Å². The molecule has 0 spiro atoms. The van der Waals surface area contributed by atoms with Gasteiger partial charge in [0, 0.05) is 6.54 Å². The van der Waals surface area contributed by atoms with Gasteiger partial charge in [-0.3, -0.25) is 4.79 Å².